The molecule has 0 radical (unpaired) electrons. The van der Waals surface area contributed by atoms with Crippen molar-refractivity contribution in [2.24, 2.45) is 0 Å². The lowest BCUT2D eigenvalue weighted by Crippen LogP contribution is -2.05. The molecule has 1 aromatic carbocycles. The lowest BCUT2D eigenvalue weighted by molar-refractivity contribution is 0.197. The third-order valence-corrected chi connectivity index (χ3v) is 2.50. The highest BCUT2D eigenvalue weighted by Crippen LogP contribution is 2.25. The molecule has 3 nitrogen and oxygen atoms in total. The molecule has 0 aliphatic heterocycles. The van der Waals surface area contributed by atoms with Crippen LogP contribution in [0.2, 0.25) is 0 Å². The number of hydrogen-bond donors (Lipinski definition) is 1. The Morgan fingerprint density at radius 1 is 1.38 bits per heavy atom. The summed E-state index contributed by atoms with van der Waals surface area (Å²) in [7, 11) is 0. The van der Waals surface area contributed by atoms with Crippen molar-refractivity contribution < 1.29 is 9.90 Å². The topological polar surface area (TPSA) is 42.2 Å². The first kappa shape index (κ1) is 8.31. The summed E-state index contributed by atoms with van der Waals surface area (Å²) in [5.74, 6) is 0. The molecular weight excluding hydrogens is 234 g/mol. The first-order valence-corrected chi connectivity index (χ1v) is 4.48. The maximum absolute atomic E-state index is 10.8. The molecule has 2 rings (SSSR count). The number of carbonyl (C=O) groups is 1. The van der Waals surface area contributed by atoms with Gasteiger partial charge in [0.05, 0.1) is 5.52 Å². The fourth-order valence-corrected chi connectivity index (χ4v) is 1.84. The average molecular weight is 240 g/mol. The van der Waals surface area contributed by atoms with E-state index in [0.29, 0.717) is 5.52 Å². The molecule has 1 aromatic heterocycles. The molecule has 0 fully saturated rings. The second-order valence-corrected chi connectivity index (χ2v) is 3.50. The first-order chi connectivity index (χ1) is 6.20. The van der Waals surface area contributed by atoms with Gasteiger partial charge in [-0.2, -0.15) is 0 Å². The zero-order chi connectivity index (χ0) is 9.42. The highest BCUT2D eigenvalue weighted by atomic mass is 79.9. The molecule has 0 aliphatic rings. The molecule has 13 heavy (non-hydrogen) atoms. The minimum absolute atomic E-state index is 0.696. The van der Waals surface area contributed by atoms with Crippen LogP contribution in [0, 0.1) is 0 Å². The molecule has 2 aromatic rings. The van der Waals surface area contributed by atoms with E-state index in [1.165, 1.54) is 4.57 Å². The van der Waals surface area contributed by atoms with E-state index in [9.17, 15) is 4.79 Å². The Labute approximate surface area is 82.7 Å². The number of benzene rings is 1. The maximum atomic E-state index is 10.8. The monoisotopic (exact) mass is 239 g/mol. The SMILES string of the molecule is O=C(O)n1cc(Br)c2ccccc21. The van der Waals surface area contributed by atoms with Gasteiger partial charge in [0, 0.05) is 16.1 Å². The Kier molecular flexibility index (Phi) is 1.84. The lowest BCUT2D eigenvalue weighted by atomic mass is 10.2. The van der Waals surface area contributed by atoms with Crippen LogP contribution in [0.15, 0.2) is 34.9 Å². The largest absolute Gasteiger partial charge is 0.464 e. The van der Waals surface area contributed by atoms with Gasteiger partial charge < -0.3 is 5.11 Å². The molecule has 66 valence electrons. The van der Waals surface area contributed by atoms with Crippen LogP contribution in [0.3, 0.4) is 0 Å². The molecule has 0 spiro atoms. The van der Waals surface area contributed by atoms with Gasteiger partial charge >= 0.3 is 6.09 Å². The van der Waals surface area contributed by atoms with Crippen molar-refractivity contribution in [1.82, 2.24) is 4.57 Å². The van der Waals surface area contributed by atoms with Crippen LogP contribution in [0.4, 0.5) is 4.79 Å². The zero-order valence-electron chi connectivity index (χ0n) is 6.57. The molecule has 0 bridgehead atoms. The highest BCUT2D eigenvalue weighted by Gasteiger charge is 2.09. The number of hydrogen-bond acceptors (Lipinski definition) is 1. The van der Waals surface area contributed by atoms with Crippen molar-refractivity contribution >= 4 is 32.9 Å². The molecule has 1 N–H and O–H groups in total. The van der Waals surface area contributed by atoms with Gasteiger partial charge in [0.1, 0.15) is 0 Å². The first-order valence-electron chi connectivity index (χ1n) is 3.69. The van der Waals surface area contributed by atoms with Gasteiger partial charge in [0.15, 0.2) is 0 Å². The predicted molar refractivity (Wildman–Crippen MR) is 53.1 cm³/mol. The molecule has 0 aliphatic carbocycles. The van der Waals surface area contributed by atoms with Crippen molar-refractivity contribution in [3.05, 3.63) is 34.9 Å². The molecule has 0 atom stereocenters. The summed E-state index contributed by atoms with van der Waals surface area (Å²) in [5, 5.41) is 9.75. The fraction of sp³-hybridized carbons (Fsp3) is 0. The van der Waals surface area contributed by atoms with E-state index >= 15 is 0 Å². The van der Waals surface area contributed by atoms with Gasteiger partial charge in [0.25, 0.3) is 0 Å². The van der Waals surface area contributed by atoms with E-state index in [4.69, 9.17) is 5.11 Å². The zero-order valence-corrected chi connectivity index (χ0v) is 8.15. The summed E-state index contributed by atoms with van der Waals surface area (Å²) in [5.41, 5.74) is 0.696. The van der Waals surface area contributed by atoms with Gasteiger partial charge in [0.2, 0.25) is 0 Å². The van der Waals surface area contributed by atoms with Crippen molar-refractivity contribution in [2.75, 3.05) is 0 Å². The number of rotatable bonds is 0. The quantitative estimate of drug-likeness (QED) is 0.769. The molecule has 0 unspecified atom stereocenters. The van der Waals surface area contributed by atoms with Crippen LogP contribution >= 0.6 is 15.9 Å². The molecule has 0 saturated carbocycles. The van der Waals surface area contributed by atoms with E-state index in [1.807, 2.05) is 18.2 Å². The van der Waals surface area contributed by atoms with Crippen LogP contribution in [0.25, 0.3) is 10.9 Å². The molecule has 1 heterocycles. The van der Waals surface area contributed by atoms with Crippen LogP contribution in [-0.4, -0.2) is 15.8 Å². The van der Waals surface area contributed by atoms with Crippen molar-refractivity contribution in [3.8, 4) is 0 Å². The van der Waals surface area contributed by atoms with E-state index < -0.39 is 6.09 Å². The number of carboxylic acid groups (broad SMARTS) is 1. The average Bonchev–Trinajstić information content (AvgIpc) is 2.45. The van der Waals surface area contributed by atoms with Gasteiger partial charge in [-0.15, -0.1) is 0 Å². The summed E-state index contributed by atoms with van der Waals surface area (Å²) in [6.45, 7) is 0. The predicted octanol–water partition coefficient (Wildman–Crippen LogP) is 2.93. The Morgan fingerprint density at radius 2 is 2.08 bits per heavy atom. The summed E-state index contributed by atoms with van der Waals surface area (Å²) in [6, 6.07) is 7.33. The van der Waals surface area contributed by atoms with E-state index in [2.05, 4.69) is 15.9 Å². The molecule has 0 amide bonds. The van der Waals surface area contributed by atoms with Gasteiger partial charge in [-0.1, -0.05) is 18.2 Å². The van der Waals surface area contributed by atoms with Crippen LogP contribution in [-0.2, 0) is 0 Å². The standard InChI is InChI=1S/C9H6BrNO2/c10-7-5-11(9(12)13)8-4-2-1-3-6(7)8/h1-5H,(H,12,13). The number of aromatic nitrogens is 1. The van der Waals surface area contributed by atoms with Crippen LogP contribution in [0.5, 0.6) is 0 Å². The fourth-order valence-electron chi connectivity index (χ4n) is 1.30. The number of fused-ring (bicyclic) bond motifs is 1. The second-order valence-electron chi connectivity index (χ2n) is 2.65. The summed E-state index contributed by atoms with van der Waals surface area (Å²) in [6.07, 6.45) is 0.578. The minimum atomic E-state index is -0.970. The molecule has 0 saturated heterocycles. The third-order valence-electron chi connectivity index (χ3n) is 1.87. The Hall–Kier alpha value is -1.29. The number of nitrogens with zero attached hydrogens (tertiary/aromatic N) is 1. The second kappa shape index (κ2) is 2.88. The van der Waals surface area contributed by atoms with Crippen molar-refractivity contribution in [3.63, 3.8) is 0 Å². The van der Waals surface area contributed by atoms with E-state index in [0.717, 1.165) is 9.86 Å². The smallest absolute Gasteiger partial charge is 0.416 e. The van der Waals surface area contributed by atoms with Crippen LogP contribution < -0.4 is 0 Å². The summed E-state index contributed by atoms with van der Waals surface area (Å²) >= 11 is 3.30. The Balaban J connectivity index is 2.85. The van der Waals surface area contributed by atoms with Crippen molar-refractivity contribution in [1.29, 1.82) is 0 Å². The third kappa shape index (κ3) is 1.23. The van der Waals surface area contributed by atoms with Crippen LogP contribution in [0.1, 0.15) is 0 Å². The molecule has 4 heteroatoms. The number of para-hydroxylation sites is 1. The maximum Gasteiger partial charge on any atom is 0.416 e. The summed E-state index contributed by atoms with van der Waals surface area (Å²) in [4.78, 5) is 10.8. The van der Waals surface area contributed by atoms with Gasteiger partial charge in [-0.05, 0) is 22.0 Å². The minimum Gasteiger partial charge on any atom is -0.464 e. The highest BCUT2D eigenvalue weighted by molar-refractivity contribution is 9.10. The van der Waals surface area contributed by atoms with Gasteiger partial charge in [-0.25, -0.2) is 4.79 Å². The Morgan fingerprint density at radius 3 is 2.77 bits per heavy atom. The number of halogens is 1. The lowest BCUT2D eigenvalue weighted by Gasteiger charge is -1.95. The summed E-state index contributed by atoms with van der Waals surface area (Å²) < 4.78 is 1.99. The van der Waals surface area contributed by atoms with Crippen molar-refractivity contribution in [2.45, 2.75) is 0 Å². The molecular formula is C9H6BrNO2. The van der Waals surface area contributed by atoms with E-state index in [1.54, 1.807) is 12.3 Å². The van der Waals surface area contributed by atoms with Gasteiger partial charge in [-0.3, -0.25) is 4.57 Å². The normalized spacial score (nSPS) is 10.5. The Bertz CT molecular complexity index is 475. The van der Waals surface area contributed by atoms with E-state index in [-0.39, 0.29) is 0 Å².